The number of hydrogen-bond donors (Lipinski definition) is 2. The average Bonchev–Trinajstić information content (AvgIpc) is 2.74. The Bertz CT molecular complexity index is 884. The van der Waals surface area contributed by atoms with E-state index in [2.05, 4.69) is 0 Å². The smallest absolute Gasteiger partial charge is 0.314 e. The number of carbonyl (C=O) groups is 2. The van der Waals surface area contributed by atoms with Crippen molar-refractivity contribution in [2.24, 2.45) is 5.41 Å². The number of ether oxygens (including phenoxy) is 2. The number of likely N-dealkylation sites (tertiary alicyclic amines) is 1. The number of para-hydroxylation sites is 1. The van der Waals surface area contributed by atoms with Gasteiger partial charge >= 0.3 is 5.97 Å². The van der Waals surface area contributed by atoms with Crippen LogP contribution in [0.15, 0.2) is 48.5 Å². The molecule has 2 atom stereocenters. The van der Waals surface area contributed by atoms with Gasteiger partial charge in [0.2, 0.25) is 0 Å². The van der Waals surface area contributed by atoms with Crippen molar-refractivity contribution in [2.75, 3.05) is 27.3 Å². The van der Waals surface area contributed by atoms with Crippen molar-refractivity contribution in [3.8, 4) is 11.5 Å². The van der Waals surface area contributed by atoms with E-state index in [0.717, 1.165) is 5.56 Å². The van der Waals surface area contributed by atoms with Crippen LogP contribution in [0, 0.1) is 5.41 Å². The summed E-state index contributed by atoms with van der Waals surface area (Å²) in [6, 6.07) is 14.1. The first-order valence-corrected chi connectivity index (χ1v) is 9.38. The van der Waals surface area contributed by atoms with E-state index in [1.165, 1.54) is 19.1 Å². The second-order valence-electron chi connectivity index (χ2n) is 7.20. The van der Waals surface area contributed by atoms with Crippen LogP contribution in [-0.4, -0.2) is 60.4 Å². The molecule has 0 aliphatic carbocycles. The predicted molar refractivity (Wildman–Crippen MR) is 106 cm³/mol. The molecule has 1 fully saturated rings. The molecule has 29 heavy (non-hydrogen) atoms. The summed E-state index contributed by atoms with van der Waals surface area (Å²) in [5, 5.41) is 20.7. The summed E-state index contributed by atoms with van der Waals surface area (Å²) in [5.41, 5.74) is -0.397. The topological polar surface area (TPSA) is 96.3 Å². The average molecular weight is 399 g/mol. The highest BCUT2D eigenvalue weighted by atomic mass is 16.5. The summed E-state index contributed by atoms with van der Waals surface area (Å²) in [4.78, 5) is 27.0. The Morgan fingerprint density at radius 2 is 1.83 bits per heavy atom. The minimum absolute atomic E-state index is 0.0996. The lowest BCUT2D eigenvalue weighted by atomic mass is 9.72. The van der Waals surface area contributed by atoms with Crippen LogP contribution in [0.5, 0.6) is 11.5 Å². The fourth-order valence-electron chi connectivity index (χ4n) is 3.90. The fraction of sp³-hybridized carbons (Fsp3) is 0.364. The molecule has 3 rings (SSSR count). The van der Waals surface area contributed by atoms with Crippen molar-refractivity contribution >= 4 is 11.9 Å². The standard InChI is InChI=1S/C22H25NO6/c1-28-17-10-6-9-16(19(17)29-2)20(25)23-12-11-18(24)22(14-23,21(26)27)13-15-7-4-3-5-8-15/h3-10,18,24H,11-14H2,1-2H3,(H,26,27)/t18-,22-/m1/s1. The van der Waals surface area contributed by atoms with Gasteiger partial charge < -0.3 is 24.6 Å². The van der Waals surface area contributed by atoms with E-state index < -0.39 is 17.5 Å². The van der Waals surface area contributed by atoms with E-state index in [1.54, 1.807) is 18.2 Å². The van der Waals surface area contributed by atoms with Gasteiger partial charge in [-0.3, -0.25) is 9.59 Å². The lowest BCUT2D eigenvalue weighted by Gasteiger charge is -2.43. The number of hydrogen-bond acceptors (Lipinski definition) is 5. The molecule has 0 spiro atoms. The second kappa shape index (κ2) is 8.53. The van der Waals surface area contributed by atoms with Gasteiger partial charge in [0.05, 0.1) is 25.9 Å². The molecule has 2 aromatic rings. The molecule has 1 aliphatic rings. The number of rotatable bonds is 6. The van der Waals surface area contributed by atoms with Crippen LogP contribution >= 0.6 is 0 Å². The number of carboxylic acid groups (broad SMARTS) is 1. The first kappa shape index (κ1) is 20.7. The van der Waals surface area contributed by atoms with Crippen molar-refractivity contribution < 1.29 is 29.3 Å². The predicted octanol–water partition coefficient (Wildman–Crippen LogP) is 2.22. The van der Waals surface area contributed by atoms with Crippen molar-refractivity contribution in [3.05, 3.63) is 59.7 Å². The highest BCUT2D eigenvalue weighted by Gasteiger charge is 2.50. The molecule has 154 valence electrons. The summed E-state index contributed by atoms with van der Waals surface area (Å²) in [7, 11) is 2.93. The molecule has 7 nitrogen and oxygen atoms in total. The summed E-state index contributed by atoms with van der Waals surface area (Å²) in [6.45, 7) is 0.155. The summed E-state index contributed by atoms with van der Waals surface area (Å²) >= 11 is 0. The van der Waals surface area contributed by atoms with Crippen LogP contribution < -0.4 is 9.47 Å². The van der Waals surface area contributed by atoms with Gasteiger partial charge in [-0.1, -0.05) is 36.4 Å². The van der Waals surface area contributed by atoms with Gasteiger partial charge in [0.25, 0.3) is 5.91 Å². The van der Waals surface area contributed by atoms with Crippen molar-refractivity contribution in [1.29, 1.82) is 0 Å². The molecule has 2 N–H and O–H groups in total. The third-order valence-corrected chi connectivity index (χ3v) is 5.49. The third-order valence-electron chi connectivity index (χ3n) is 5.49. The van der Waals surface area contributed by atoms with Gasteiger partial charge in [0.1, 0.15) is 5.41 Å². The van der Waals surface area contributed by atoms with Gasteiger partial charge in [0.15, 0.2) is 11.5 Å². The number of amides is 1. The number of aliphatic hydroxyl groups is 1. The SMILES string of the molecule is COc1cccc(C(=O)N2CC[C@@H](O)[C@](Cc3ccccc3)(C(=O)O)C2)c1OC. The Labute approximate surface area is 169 Å². The molecule has 0 saturated carbocycles. The zero-order chi connectivity index (χ0) is 21.0. The van der Waals surface area contributed by atoms with Gasteiger partial charge in [-0.15, -0.1) is 0 Å². The van der Waals surface area contributed by atoms with Crippen molar-refractivity contribution in [1.82, 2.24) is 4.90 Å². The number of piperidine rings is 1. The van der Waals surface area contributed by atoms with Gasteiger partial charge in [-0.2, -0.15) is 0 Å². The first-order valence-electron chi connectivity index (χ1n) is 9.38. The van der Waals surface area contributed by atoms with Crippen molar-refractivity contribution in [2.45, 2.75) is 18.9 Å². The number of nitrogens with zero attached hydrogens (tertiary/aromatic N) is 1. The Kier molecular flexibility index (Phi) is 6.08. The molecule has 0 radical (unpaired) electrons. The molecular formula is C22H25NO6. The number of aliphatic carboxylic acids is 1. The van der Waals surface area contributed by atoms with Crippen LogP contribution in [0.2, 0.25) is 0 Å². The zero-order valence-electron chi connectivity index (χ0n) is 16.5. The van der Waals surface area contributed by atoms with E-state index >= 15 is 0 Å². The summed E-state index contributed by atoms with van der Waals surface area (Å²) in [6.07, 6.45) is -0.753. The Balaban J connectivity index is 1.94. The fourth-order valence-corrected chi connectivity index (χ4v) is 3.90. The van der Waals surface area contributed by atoms with Gasteiger partial charge in [-0.25, -0.2) is 0 Å². The quantitative estimate of drug-likeness (QED) is 0.773. The highest BCUT2D eigenvalue weighted by Crippen LogP contribution is 2.37. The number of benzene rings is 2. The van der Waals surface area contributed by atoms with Crippen LogP contribution in [-0.2, 0) is 11.2 Å². The normalized spacial score (nSPS) is 21.5. The number of carboxylic acids is 1. The van der Waals surface area contributed by atoms with E-state index in [4.69, 9.17) is 9.47 Å². The number of methoxy groups -OCH3 is 2. The number of aliphatic hydroxyl groups excluding tert-OH is 1. The van der Waals surface area contributed by atoms with E-state index in [9.17, 15) is 19.8 Å². The molecule has 1 heterocycles. The minimum atomic E-state index is -1.48. The monoisotopic (exact) mass is 399 g/mol. The van der Waals surface area contributed by atoms with E-state index in [-0.39, 0.29) is 31.8 Å². The third kappa shape index (κ3) is 3.91. The Morgan fingerprint density at radius 3 is 2.45 bits per heavy atom. The first-order chi connectivity index (χ1) is 13.9. The molecule has 1 aliphatic heterocycles. The summed E-state index contributed by atoms with van der Waals surface area (Å²) in [5.74, 6) is -0.755. The van der Waals surface area contributed by atoms with Crippen molar-refractivity contribution in [3.63, 3.8) is 0 Å². The minimum Gasteiger partial charge on any atom is -0.493 e. The van der Waals surface area contributed by atoms with Crippen LogP contribution in [0.4, 0.5) is 0 Å². The Hall–Kier alpha value is -3.06. The second-order valence-corrected chi connectivity index (χ2v) is 7.20. The number of carbonyl (C=O) groups excluding carboxylic acids is 1. The Morgan fingerprint density at radius 1 is 1.10 bits per heavy atom. The lowest BCUT2D eigenvalue weighted by Crippen LogP contribution is -2.58. The molecule has 7 heteroatoms. The highest BCUT2D eigenvalue weighted by molar-refractivity contribution is 5.98. The van der Waals surface area contributed by atoms with Gasteiger partial charge in [0, 0.05) is 13.1 Å². The lowest BCUT2D eigenvalue weighted by molar-refractivity contribution is -0.161. The molecule has 0 bridgehead atoms. The summed E-state index contributed by atoms with van der Waals surface area (Å²) < 4.78 is 10.6. The molecular weight excluding hydrogens is 374 g/mol. The van der Waals surface area contributed by atoms with E-state index in [0.29, 0.717) is 17.1 Å². The van der Waals surface area contributed by atoms with Crippen LogP contribution in [0.3, 0.4) is 0 Å². The van der Waals surface area contributed by atoms with Gasteiger partial charge in [-0.05, 0) is 30.5 Å². The maximum absolute atomic E-state index is 13.2. The largest absolute Gasteiger partial charge is 0.493 e. The maximum atomic E-state index is 13.2. The molecule has 1 saturated heterocycles. The molecule has 0 aromatic heterocycles. The molecule has 2 aromatic carbocycles. The molecule has 1 amide bonds. The van der Waals surface area contributed by atoms with Crippen LogP contribution in [0.1, 0.15) is 22.3 Å². The van der Waals surface area contributed by atoms with E-state index in [1.807, 2.05) is 30.3 Å². The molecule has 0 unspecified atom stereocenters. The van der Waals surface area contributed by atoms with Crippen LogP contribution in [0.25, 0.3) is 0 Å². The zero-order valence-corrected chi connectivity index (χ0v) is 16.5. The maximum Gasteiger partial charge on any atom is 0.314 e.